The SMILES string of the molecule is CC.CC1=CC=CCC=N1. The Morgan fingerprint density at radius 1 is 1.40 bits per heavy atom. The molecule has 1 rings (SSSR count). The molecule has 1 nitrogen and oxygen atoms in total. The molecule has 56 valence electrons. The molecule has 0 saturated heterocycles. The molecule has 0 amide bonds. The van der Waals surface area contributed by atoms with Crippen molar-refractivity contribution in [3.05, 3.63) is 23.9 Å². The Labute approximate surface area is 63.2 Å². The Kier molecular flexibility index (Phi) is 5.74. The van der Waals surface area contributed by atoms with Crippen LogP contribution in [0.25, 0.3) is 0 Å². The topological polar surface area (TPSA) is 12.4 Å². The van der Waals surface area contributed by atoms with Gasteiger partial charge in [0.05, 0.1) is 0 Å². The fraction of sp³-hybridized carbons (Fsp3) is 0.444. The predicted molar refractivity (Wildman–Crippen MR) is 47.4 cm³/mol. The van der Waals surface area contributed by atoms with Crippen LogP contribution < -0.4 is 0 Å². The fourth-order valence-electron chi connectivity index (χ4n) is 0.586. The van der Waals surface area contributed by atoms with Gasteiger partial charge >= 0.3 is 0 Å². The molecule has 0 bridgehead atoms. The van der Waals surface area contributed by atoms with Gasteiger partial charge in [-0.1, -0.05) is 26.0 Å². The van der Waals surface area contributed by atoms with Crippen molar-refractivity contribution in [1.29, 1.82) is 0 Å². The van der Waals surface area contributed by atoms with Crippen molar-refractivity contribution in [3.63, 3.8) is 0 Å². The summed E-state index contributed by atoms with van der Waals surface area (Å²) in [5, 5.41) is 0. The number of hydrogen-bond acceptors (Lipinski definition) is 1. The number of aliphatic imine (C=N–C) groups is 1. The summed E-state index contributed by atoms with van der Waals surface area (Å²) in [6, 6.07) is 0. The van der Waals surface area contributed by atoms with E-state index >= 15 is 0 Å². The lowest BCUT2D eigenvalue weighted by atomic mass is 10.4. The van der Waals surface area contributed by atoms with E-state index in [1.54, 1.807) is 0 Å². The first-order valence-corrected chi connectivity index (χ1v) is 3.75. The van der Waals surface area contributed by atoms with Crippen LogP contribution in [0.15, 0.2) is 28.9 Å². The van der Waals surface area contributed by atoms with Crippen LogP contribution >= 0.6 is 0 Å². The lowest BCUT2D eigenvalue weighted by Gasteiger charge is -1.81. The smallest absolute Gasteiger partial charge is 0.0368 e. The number of rotatable bonds is 0. The lowest BCUT2D eigenvalue weighted by molar-refractivity contribution is 1.31. The third-order valence-electron chi connectivity index (χ3n) is 1.01. The Bertz CT molecular complexity index is 152. The highest BCUT2D eigenvalue weighted by Crippen LogP contribution is 1.98. The molecule has 0 aromatic carbocycles. The first-order valence-electron chi connectivity index (χ1n) is 3.75. The van der Waals surface area contributed by atoms with Gasteiger partial charge in [-0.05, 0) is 13.0 Å². The van der Waals surface area contributed by atoms with E-state index in [2.05, 4.69) is 11.1 Å². The zero-order valence-electron chi connectivity index (χ0n) is 6.96. The van der Waals surface area contributed by atoms with Crippen LogP contribution in [0.5, 0.6) is 0 Å². The molecule has 1 aliphatic rings. The molecule has 0 N–H and O–H groups in total. The average Bonchev–Trinajstić information content (AvgIpc) is 2.21. The quantitative estimate of drug-likeness (QED) is 0.486. The highest BCUT2D eigenvalue weighted by Gasteiger charge is 1.81. The minimum absolute atomic E-state index is 0.966. The largest absolute Gasteiger partial charge is 0.266 e. The molecule has 0 fully saturated rings. The Balaban J connectivity index is 0.000000371. The van der Waals surface area contributed by atoms with E-state index in [0.29, 0.717) is 0 Å². The summed E-state index contributed by atoms with van der Waals surface area (Å²) in [6.45, 7) is 5.99. The van der Waals surface area contributed by atoms with E-state index in [1.165, 1.54) is 0 Å². The predicted octanol–water partition coefficient (Wildman–Crippen LogP) is 2.95. The molecule has 1 heterocycles. The van der Waals surface area contributed by atoms with Crippen molar-refractivity contribution >= 4 is 6.21 Å². The van der Waals surface area contributed by atoms with Gasteiger partial charge in [-0.2, -0.15) is 0 Å². The number of nitrogens with zero attached hydrogens (tertiary/aromatic N) is 1. The second kappa shape index (κ2) is 6.27. The van der Waals surface area contributed by atoms with Gasteiger partial charge in [0.1, 0.15) is 0 Å². The fourth-order valence-corrected chi connectivity index (χ4v) is 0.586. The second-order valence-electron chi connectivity index (χ2n) is 1.78. The van der Waals surface area contributed by atoms with Gasteiger partial charge in [-0.3, -0.25) is 4.99 Å². The van der Waals surface area contributed by atoms with Crippen molar-refractivity contribution in [3.8, 4) is 0 Å². The monoisotopic (exact) mass is 137 g/mol. The molecule has 0 spiro atoms. The Morgan fingerprint density at radius 2 is 2.10 bits per heavy atom. The van der Waals surface area contributed by atoms with E-state index < -0.39 is 0 Å². The maximum atomic E-state index is 4.10. The standard InChI is InChI=1S/C7H9N.C2H6/c1-7-5-3-2-4-6-8-7;1-2/h2-3,5-6H,4H2,1H3;1-2H3. The molecular formula is C9H15N. The third kappa shape index (κ3) is 4.07. The van der Waals surface area contributed by atoms with Gasteiger partial charge in [0.15, 0.2) is 0 Å². The highest BCUT2D eigenvalue weighted by atomic mass is 14.7. The maximum absolute atomic E-state index is 4.10. The van der Waals surface area contributed by atoms with Gasteiger partial charge in [-0.25, -0.2) is 0 Å². The summed E-state index contributed by atoms with van der Waals surface area (Å²) in [6.07, 6.45) is 9.00. The molecule has 0 aromatic rings. The maximum Gasteiger partial charge on any atom is 0.0368 e. The second-order valence-corrected chi connectivity index (χ2v) is 1.78. The highest BCUT2D eigenvalue weighted by molar-refractivity contribution is 5.61. The summed E-state index contributed by atoms with van der Waals surface area (Å²) < 4.78 is 0. The molecule has 1 heteroatoms. The van der Waals surface area contributed by atoms with Crippen LogP contribution in [-0.4, -0.2) is 6.21 Å². The van der Waals surface area contributed by atoms with Crippen LogP contribution in [0.3, 0.4) is 0 Å². The van der Waals surface area contributed by atoms with Crippen LogP contribution in [0, 0.1) is 0 Å². The summed E-state index contributed by atoms with van der Waals surface area (Å²) in [4.78, 5) is 4.10. The molecule has 10 heavy (non-hydrogen) atoms. The van der Waals surface area contributed by atoms with Gasteiger partial charge in [0.2, 0.25) is 0 Å². The molecule has 1 aliphatic heterocycles. The van der Waals surface area contributed by atoms with Crippen LogP contribution in [0.2, 0.25) is 0 Å². The normalized spacial score (nSPS) is 14.9. The van der Waals surface area contributed by atoms with E-state index in [-0.39, 0.29) is 0 Å². The van der Waals surface area contributed by atoms with Gasteiger partial charge in [0.25, 0.3) is 0 Å². The van der Waals surface area contributed by atoms with Gasteiger partial charge < -0.3 is 0 Å². The van der Waals surface area contributed by atoms with Crippen molar-refractivity contribution in [2.45, 2.75) is 27.2 Å². The van der Waals surface area contributed by atoms with E-state index in [4.69, 9.17) is 0 Å². The van der Waals surface area contributed by atoms with E-state index in [9.17, 15) is 0 Å². The third-order valence-corrected chi connectivity index (χ3v) is 1.01. The molecule has 0 aliphatic carbocycles. The molecule has 0 saturated carbocycles. The van der Waals surface area contributed by atoms with Crippen molar-refractivity contribution in [2.24, 2.45) is 4.99 Å². The summed E-state index contributed by atoms with van der Waals surface area (Å²) in [5.74, 6) is 0. The number of hydrogen-bond donors (Lipinski definition) is 0. The molecular weight excluding hydrogens is 122 g/mol. The van der Waals surface area contributed by atoms with Gasteiger partial charge in [0, 0.05) is 18.3 Å². The Hall–Kier alpha value is -0.850. The first kappa shape index (κ1) is 9.15. The Morgan fingerprint density at radius 3 is 2.80 bits per heavy atom. The van der Waals surface area contributed by atoms with Crippen molar-refractivity contribution < 1.29 is 0 Å². The summed E-state index contributed by atoms with van der Waals surface area (Å²) in [5.41, 5.74) is 1.08. The molecule has 0 atom stereocenters. The number of allylic oxidation sites excluding steroid dienone is 4. The van der Waals surface area contributed by atoms with E-state index in [1.807, 2.05) is 39.1 Å². The zero-order chi connectivity index (χ0) is 7.82. The minimum Gasteiger partial charge on any atom is -0.266 e. The van der Waals surface area contributed by atoms with E-state index in [0.717, 1.165) is 12.1 Å². The summed E-state index contributed by atoms with van der Waals surface area (Å²) in [7, 11) is 0. The zero-order valence-corrected chi connectivity index (χ0v) is 6.96. The van der Waals surface area contributed by atoms with Crippen LogP contribution in [0.4, 0.5) is 0 Å². The summed E-state index contributed by atoms with van der Waals surface area (Å²) >= 11 is 0. The van der Waals surface area contributed by atoms with Crippen LogP contribution in [0.1, 0.15) is 27.2 Å². The minimum atomic E-state index is 0.966. The van der Waals surface area contributed by atoms with Crippen LogP contribution in [-0.2, 0) is 0 Å². The molecule has 0 aromatic heterocycles. The lowest BCUT2D eigenvalue weighted by Crippen LogP contribution is -1.66. The molecule has 0 radical (unpaired) electrons. The average molecular weight is 137 g/mol. The van der Waals surface area contributed by atoms with Crippen molar-refractivity contribution in [2.75, 3.05) is 0 Å². The first-order chi connectivity index (χ1) is 4.89. The molecule has 0 unspecified atom stereocenters. The van der Waals surface area contributed by atoms with Gasteiger partial charge in [-0.15, -0.1) is 0 Å². The van der Waals surface area contributed by atoms with Crippen molar-refractivity contribution in [1.82, 2.24) is 0 Å².